The van der Waals surface area contributed by atoms with Gasteiger partial charge >= 0.3 is 0 Å². The third-order valence-corrected chi connectivity index (χ3v) is 2.62. The molecule has 1 aromatic heterocycles. The average Bonchev–Trinajstić information content (AvgIpc) is 2.38. The maximum absolute atomic E-state index is 5.74. The van der Waals surface area contributed by atoms with Gasteiger partial charge in [0.2, 0.25) is 0 Å². The molecule has 3 N–H and O–H groups in total. The number of pyridine rings is 1. The van der Waals surface area contributed by atoms with Gasteiger partial charge in [-0.3, -0.25) is 4.98 Å². The number of nitrogens with zero attached hydrogens (tertiary/aromatic N) is 1. The highest BCUT2D eigenvalue weighted by Crippen LogP contribution is 2.29. The average molecular weight is 213 g/mol. The van der Waals surface area contributed by atoms with Crippen molar-refractivity contribution >= 4 is 5.69 Å². The number of benzene rings is 1. The Morgan fingerprint density at radius 3 is 2.75 bits per heavy atom. The zero-order valence-corrected chi connectivity index (χ0v) is 9.27. The molecule has 0 amide bonds. The van der Waals surface area contributed by atoms with Gasteiger partial charge in [0.05, 0.1) is 11.9 Å². The second kappa shape index (κ2) is 4.77. The van der Waals surface area contributed by atoms with Crippen LogP contribution in [0.25, 0.3) is 11.1 Å². The van der Waals surface area contributed by atoms with Crippen molar-refractivity contribution in [1.29, 1.82) is 0 Å². The Morgan fingerprint density at radius 1 is 1.19 bits per heavy atom. The molecule has 3 heteroatoms. The van der Waals surface area contributed by atoms with Crippen LogP contribution in [0.4, 0.5) is 5.69 Å². The fraction of sp³-hybridized carbons (Fsp3) is 0.154. The SMILES string of the molecule is CNc1cnccc1-c1ccccc1CN. The van der Waals surface area contributed by atoms with Crippen LogP contribution in [0.3, 0.4) is 0 Å². The third kappa shape index (κ3) is 1.90. The summed E-state index contributed by atoms with van der Waals surface area (Å²) in [4.78, 5) is 4.10. The minimum absolute atomic E-state index is 0.543. The van der Waals surface area contributed by atoms with E-state index in [-0.39, 0.29) is 0 Å². The summed E-state index contributed by atoms with van der Waals surface area (Å²) in [5.74, 6) is 0. The largest absolute Gasteiger partial charge is 0.386 e. The second-order valence-electron chi connectivity index (χ2n) is 3.53. The number of hydrogen-bond acceptors (Lipinski definition) is 3. The van der Waals surface area contributed by atoms with Gasteiger partial charge in [0.25, 0.3) is 0 Å². The van der Waals surface area contributed by atoms with Crippen LogP contribution in [0.2, 0.25) is 0 Å². The minimum atomic E-state index is 0.543. The molecule has 0 unspecified atom stereocenters. The number of hydrogen-bond donors (Lipinski definition) is 2. The summed E-state index contributed by atoms with van der Waals surface area (Å²) < 4.78 is 0. The van der Waals surface area contributed by atoms with Crippen LogP contribution in [0, 0.1) is 0 Å². The van der Waals surface area contributed by atoms with Crippen LogP contribution >= 0.6 is 0 Å². The molecule has 1 heterocycles. The van der Waals surface area contributed by atoms with Gasteiger partial charge in [0.1, 0.15) is 0 Å². The molecule has 0 aliphatic carbocycles. The fourth-order valence-corrected chi connectivity index (χ4v) is 1.79. The van der Waals surface area contributed by atoms with Gasteiger partial charge < -0.3 is 11.1 Å². The zero-order chi connectivity index (χ0) is 11.4. The quantitative estimate of drug-likeness (QED) is 0.822. The lowest BCUT2D eigenvalue weighted by Gasteiger charge is -2.11. The van der Waals surface area contributed by atoms with Crippen molar-refractivity contribution in [3.05, 3.63) is 48.3 Å². The molecule has 0 aliphatic heterocycles. The summed E-state index contributed by atoms with van der Waals surface area (Å²) in [5, 5.41) is 3.14. The number of anilines is 1. The minimum Gasteiger partial charge on any atom is -0.386 e. The molecule has 0 fully saturated rings. The maximum atomic E-state index is 5.74. The van der Waals surface area contributed by atoms with Crippen molar-refractivity contribution in [2.75, 3.05) is 12.4 Å². The van der Waals surface area contributed by atoms with Gasteiger partial charge in [0.15, 0.2) is 0 Å². The van der Waals surface area contributed by atoms with E-state index in [9.17, 15) is 0 Å². The first-order valence-electron chi connectivity index (χ1n) is 5.27. The van der Waals surface area contributed by atoms with E-state index in [2.05, 4.69) is 22.4 Å². The second-order valence-corrected chi connectivity index (χ2v) is 3.53. The highest BCUT2D eigenvalue weighted by atomic mass is 14.8. The highest BCUT2D eigenvalue weighted by molar-refractivity contribution is 5.79. The van der Waals surface area contributed by atoms with E-state index in [1.807, 2.05) is 31.4 Å². The van der Waals surface area contributed by atoms with Gasteiger partial charge in [0, 0.05) is 25.4 Å². The first-order valence-corrected chi connectivity index (χ1v) is 5.27. The standard InChI is InChI=1S/C13H15N3/c1-15-13-9-16-7-6-12(13)11-5-3-2-4-10(11)8-14/h2-7,9,15H,8,14H2,1H3. The first kappa shape index (κ1) is 10.6. The van der Waals surface area contributed by atoms with Crippen molar-refractivity contribution in [1.82, 2.24) is 4.98 Å². The van der Waals surface area contributed by atoms with Crippen molar-refractivity contribution in [3.63, 3.8) is 0 Å². The Kier molecular flexibility index (Phi) is 3.17. The van der Waals surface area contributed by atoms with Crippen LogP contribution < -0.4 is 11.1 Å². The van der Waals surface area contributed by atoms with Crippen LogP contribution in [-0.4, -0.2) is 12.0 Å². The molecule has 0 saturated heterocycles. The summed E-state index contributed by atoms with van der Waals surface area (Å²) >= 11 is 0. The van der Waals surface area contributed by atoms with Gasteiger partial charge in [-0.05, 0) is 17.2 Å². The van der Waals surface area contributed by atoms with Gasteiger partial charge in [-0.2, -0.15) is 0 Å². The third-order valence-electron chi connectivity index (χ3n) is 2.62. The van der Waals surface area contributed by atoms with Crippen LogP contribution in [0.1, 0.15) is 5.56 Å². The topological polar surface area (TPSA) is 50.9 Å². The Labute approximate surface area is 95.3 Å². The normalized spacial score (nSPS) is 10.1. The van der Waals surface area contributed by atoms with E-state index in [1.165, 1.54) is 0 Å². The predicted octanol–water partition coefficient (Wildman–Crippen LogP) is 2.25. The van der Waals surface area contributed by atoms with E-state index >= 15 is 0 Å². The van der Waals surface area contributed by atoms with E-state index < -0.39 is 0 Å². The lowest BCUT2D eigenvalue weighted by Crippen LogP contribution is -2.00. The van der Waals surface area contributed by atoms with E-state index in [0.29, 0.717) is 6.54 Å². The number of nitrogens with two attached hydrogens (primary N) is 1. The lowest BCUT2D eigenvalue weighted by molar-refractivity contribution is 1.07. The summed E-state index contributed by atoms with van der Waals surface area (Å²) in [6.45, 7) is 0.543. The molecule has 2 rings (SSSR count). The molecule has 82 valence electrons. The Balaban J connectivity index is 2.58. The molecule has 16 heavy (non-hydrogen) atoms. The van der Waals surface area contributed by atoms with Crippen molar-refractivity contribution < 1.29 is 0 Å². The molecule has 3 nitrogen and oxygen atoms in total. The van der Waals surface area contributed by atoms with Crippen LogP contribution in [0.5, 0.6) is 0 Å². The predicted molar refractivity (Wildman–Crippen MR) is 67.1 cm³/mol. The molecule has 0 atom stereocenters. The van der Waals surface area contributed by atoms with Gasteiger partial charge in [-0.25, -0.2) is 0 Å². The van der Waals surface area contributed by atoms with Gasteiger partial charge in [-0.1, -0.05) is 24.3 Å². The zero-order valence-electron chi connectivity index (χ0n) is 9.27. The molecule has 0 saturated carbocycles. The number of rotatable bonds is 3. The van der Waals surface area contributed by atoms with E-state index in [4.69, 9.17) is 5.73 Å². The molecule has 0 aliphatic rings. The van der Waals surface area contributed by atoms with Crippen molar-refractivity contribution in [2.45, 2.75) is 6.54 Å². The smallest absolute Gasteiger partial charge is 0.0603 e. The lowest BCUT2D eigenvalue weighted by atomic mass is 9.99. The summed E-state index contributed by atoms with van der Waals surface area (Å²) in [6.07, 6.45) is 3.62. The fourth-order valence-electron chi connectivity index (χ4n) is 1.79. The maximum Gasteiger partial charge on any atom is 0.0603 e. The molecular weight excluding hydrogens is 198 g/mol. The van der Waals surface area contributed by atoms with E-state index in [1.54, 1.807) is 6.20 Å². The number of aromatic nitrogens is 1. The monoisotopic (exact) mass is 213 g/mol. The molecule has 2 aromatic rings. The van der Waals surface area contributed by atoms with Crippen LogP contribution in [0.15, 0.2) is 42.7 Å². The molecule has 1 aromatic carbocycles. The molecule has 0 bridgehead atoms. The van der Waals surface area contributed by atoms with Crippen LogP contribution in [-0.2, 0) is 6.54 Å². The van der Waals surface area contributed by atoms with Crippen molar-refractivity contribution in [2.24, 2.45) is 5.73 Å². The Morgan fingerprint density at radius 2 is 2.00 bits per heavy atom. The van der Waals surface area contributed by atoms with E-state index in [0.717, 1.165) is 22.4 Å². The summed E-state index contributed by atoms with van der Waals surface area (Å²) in [6, 6.07) is 10.2. The highest BCUT2D eigenvalue weighted by Gasteiger charge is 2.06. The van der Waals surface area contributed by atoms with Crippen molar-refractivity contribution in [3.8, 4) is 11.1 Å². The molecular formula is C13H15N3. The first-order chi connectivity index (χ1) is 7.86. The summed E-state index contributed by atoms with van der Waals surface area (Å²) in [5.41, 5.74) is 10.2. The molecule has 0 radical (unpaired) electrons. The Bertz CT molecular complexity index is 435. The van der Waals surface area contributed by atoms with Gasteiger partial charge in [-0.15, -0.1) is 0 Å². The Hall–Kier alpha value is -1.87. The number of nitrogens with one attached hydrogen (secondary N) is 1. The molecule has 0 spiro atoms. The summed E-state index contributed by atoms with van der Waals surface area (Å²) in [7, 11) is 1.89.